The number of benzene rings is 1. The van der Waals surface area contributed by atoms with E-state index in [9.17, 15) is 4.21 Å². The molecule has 1 saturated carbocycles. The lowest BCUT2D eigenvalue weighted by Crippen LogP contribution is -2.06. The number of nitrogen functional groups attached to an aromatic ring is 1. The van der Waals surface area contributed by atoms with Crippen LogP contribution in [-0.4, -0.2) is 16.1 Å². The lowest BCUT2D eigenvalue weighted by Gasteiger charge is -2.11. The molecule has 3 N–H and O–H groups in total. The molecule has 1 fully saturated rings. The van der Waals surface area contributed by atoms with E-state index in [1.54, 1.807) is 18.2 Å². The normalized spacial score (nSPS) is 19.1. The fourth-order valence-electron chi connectivity index (χ4n) is 1.58. The van der Waals surface area contributed by atoms with Crippen LogP contribution < -0.4 is 10.5 Å². The first-order valence-corrected chi connectivity index (χ1v) is 6.97. The molecule has 0 saturated heterocycles. The molecule has 5 heteroatoms. The van der Waals surface area contributed by atoms with Crippen LogP contribution >= 0.6 is 0 Å². The zero-order valence-corrected chi connectivity index (χ0v) is 10.0. The highest BCUT2D eigenvalue weighted by Gasteiger charge is 2.34. The van der Waals surface area contributed by atoms with Crippen molar-refractivity contribution in [2.24, 2.45) is 0 Å². The van der Waals surface area contributed by atoms with E-state index < -0.39 is 9.73 Å². The van der Waals surface area contributed by atoms with Crippen LogP contribution in [-0.2, 0) is 9.73 Å². The third kappa shape index (κ3) is 2.00. The second-order valence-electron chi connectivity index (χ2n) is 3.93. The lowest BCUT2D eigenvalue weighted by atomic mass is 10.3. The van der Waals surface area contributed by atoms with Gasteiger partial charge in [-0.05, 0) is 38.0 Å². The Labute approximate surface area is 95.8 Å². The lowest BCUT2D eigenvalue weighted by molar-refractivity contribution is 0.341. The largest absolute Gasteiger partial charge is 0.492 e. The summed E-state index contributed by atoms with van der Waals surface area (Å²) in [7, 11) is -2.66. The van der Waals surface area contributed by atoms with E-state index in [1.807, 2.05) is 6.92 Å². The molecule has 0 radical (unpaired) electrons. The van der Waals surface area contributed by atoms with E-state index in [-0.39, 0.29) is 5.25 Å². The van der Waals surface area contributed by atoms with Gasteiger partial charge in [-0.25, -0.2) is 8.99 Å². The van der Waals surface area contributed by atoms with Crippen molar-refractivity contribution < 1.29 is 8.95 Å². The minimum Gasteiger partial charge on any atom is -0.492 e. The molecule has 1 aliphatic rings. The number of anilines is 1. The topological polar surface area (TPSA) is 76.2 Å². The molecule has 0 heterocycles. The summed E-state index contributed by atoms with van der Waals surface area (Å²) in [6.07, 6.45) is 1.77. The summed E-state index contributed by atoms with van der Waals surface area (Å²) in [5.74, 6) is 0.528. The van der Waals surface area contributed by atoms with Crippen molar-refractivity contribution in [2.75, 3.05) is 12.3 Å². The van der Waals surface area contributed by atoms with Gasteiger partial charge in [-0.15, -0.1) is 0 Å². The molecule has 0 spiro atoms. The molecule has 0 aliphatic heterocycles. The zero-order valence-electron chi connectivity index (χ0n) is 9.23. The van der Waals surface area contributed by atoms with Crippen molar-refractivity contribution >= 4 is 15.4 Å². The number of nitrogens with two attached hydrogens (primary N) is 1. The van der Waals surface area contributed by atoms with Gasteiger partial charge in [-0.2, -0.15) is 0 Å². The Balaban J connectivity index is 2.39. The second kappa shape index (κ2) is 3.97. The van der Waals surface area contributed by atoms with Crippen molar-refractivity contribution in [3.05, 3.63) is 18.2 Å². The highest BCUT2D eigenvalue weighted by atomic mass is 32.2. The average Bonchev–Trinajstić information content (AvgIpc) is 3.05. The van der Waals surface area contributed by atoms with Gasteiger partial charge < -0.3 is 10.5 Å². The van der Waals surface area contributed by atoms with Crippen LogP contribution in [0.5, 0.6) is 5.75 Å². The molecular formula is C11H16N2O2S. The summed E-state index contributed by atoms with van der Waals surface area (Å²) in [5.41, 5.74) is 6.26. The number of nitrogens with one attached hydrogen (secondary N) is 1. The van der Waals surface area contributed by atoms with Crippen LogP contribution in [0.15, 0.2) is 23.1 Å². The molecule has 1 atom stereocenters. The minimum absolute atomic E-state index is 0.0191. The molecular weight excluding hydrogens is 224 g/mol. The summed E-state index contributed by atoms with van der Waals surface area (Å²) in [6, 6.07) is 4.98. The second-order valence-corrected chi connectivity index (χ2v) is 6.27. The first kappa shape index (κ1) is 11.3. The molecule has 2 rings (SSSR count). The van der Waals surface area contributed by atoms with E-state index in [2.05, 4.69) is 0 Å². The molecule has 16 heavy (non-hydrogen) atoms. The van der Waals surface area contributed by atoms with Crippen LogP contribution in [0.4, 0.5) is 5.69 Å². The Kier molecular flexibility index (Phi) is 2.80. The van der Waals surface area contributed by atoms with Gasteiger partial charge in [0.05, 0.1) is 26.9 Å². The van der Waals surface area contributed by atoms with Gasteiger partial charge >= 0.3 is 0 Å². The minimum atomic E-state index is -2.66. The molecule has 1 aromatic rings. The van der Waals surface area contributed by atoms with Crippen LogP contribution in [0.2, 0.25) is 0 Å². The molecule has 0 bridgehead atoms. The van der Waals surface area contributed by atoms with Crippen LogP contribution in [0, 0.1) is 4.78 Å². The number of ether oxygens (including phenoxy) is 1. The van der Waals surface area contributed by atoms with Crippen LogP contribution in [0.1, 0.15) is 19.8 Å². The van der Waals surface area contributed by atoms with E-state index in [0.717, 1.165) is 12.8 Å². The van der Waals surface area contributed by atoms with Gasteiger partial charge in [0, 0.05) is 5.25 Å². The van der Waals surface area contributed by atoms with Gasteiger partial charge in [0.15, 0.2) is 0 Å². The predicted octanol–water partition coefficient (Wildman–Crippen LogP) is 2.24. The van der Waals surface area contributed by atoms with E-state index >= 15 is 0 Å². The fraction of sp³-hybridized carbons (Fsp3) is 0.455. The molecule has 1 unspecified atom stereocenters. The Bertz CT molecular complexity index is 493. The summed E-state index contributed by atoms with van der Waals surface area (Å²) in [4.78, 5) is 0.535. The van der Waals surface area contributed by atoms with Gasteiger partial charge in [0.1, 0.15) is 5.75 Å². The van der Waals surface area contributed by atoms with E-state index in [4.69, 9.17) is 15.3 Å². The molecule has 88 valence electrons. The standard InChI is InChI=1S/C11H16N2O2S/c1-2-15-11-7-9(5-6-10(11)12)16(13,14)8-3-4-8/h5-8,13H,2-4,12H2,1H3. The molecule has 1 aliphatic carbocycles. The van der Waals surface area contributed by atoms with E-state index in [1.165, 1.54) is 0 Å². The third-order valence-corrected chi connectivity index (χ3v) is 4.99. The molecule has 0 aromatic heterocycles. The van der Waals surface area contributed by atoms with Crippen molar-refractivity contribution in [1.29, 1.82) is 4.78 Å². The quantitative estimate of drug-likeness (QED) is 0.792. The molecule has 0 amide bonds. The monoisotopic (exact) mass is 240 g/mol. The Morgan fingerprint density at radius 1 is 1.56 bits per heavy atom. The van der Waals surface area contributed by atoms with Crippen molar-refractivity contribution in [2.45, 2.75) is 29.9 Å². The van der Waals surface area contributed by atoms with Crippen LogP contribution in [0.25, 0.3) is 0 Å². The van der Waals surface area contributed by atoms with Crippen molar-refractivity contribution in [1.82, 2.24) is 0 Å². The maximum Gasteiger partial charge on any atom is 0.143 e. The van der Waals surface area contributed by atoms with Crippen LogP contribution in [0.3, 0.4) is 0 Å². The maximum atomic E-state index is 12.2. The fourth-order valence-corrected chi connectivity index (χ4v) is 3.31. The summed E-state index contributed by atoms with van der Waals surface area (Å²) in [6.45, 7) is 2.38. The highest BCUT2D eigenvalue weighted by molar-refractivity contribution is 7.93. The number of hydrogen-bond donors (Lipinski definition) is 2. The summed E-state index contributed by atoms with van der Waals surface area (Å²) >= 11 is 0. The first-order valence-electron chi connectivity index (χ1n) is 5.35. The predicted molar refractivity (Wildman–Crippen MR) is 64.2 cm³/mol. The van der Waals surface area contributed by atoms with Gasteiger partial charge in [-0.1, -0.05) is 0 Å². The average molecular weight is 240 g/mol. The Morgan fingerprint density at radius 3 is 2.81 bits per heavy atom. The summed E-state index contributed by atoms with van der Waals surface area (Å²) in [5, 5.41) is 0.0191. The smallest absolute Gasteiger partial charge is 0.143 e. The van der Waals surface area contributed by atoms with Gasteiger partial charge in [0.25, 0.3) is 0 Å². The van der Waals surface area contributed by atoms with Crippen molar-refractivity contribution in [3.63, 3.8) is 0 Å². The molecule has 1 aromatic carbocycles. The Hall–Kier alpha value is -1.23. The number of hydrogen-bond acceptors (Lipinski definition) is 4. The van der Waals surface area contributed by atoms with Gasteiger partial charge in [0.2, 0.25) is 0 Å². The zero-order chi connectivity index (χ0) is 11.8. The van der Waals surface area contributed by atoms with E-state index in [0.29, 0.717) is 22.9 Å². The van der Waals surface area contributed by atoms with Gasteiger partial charge in [-0.3, -0.25) is 0 Å². The Morgan fingerprint density at radius 2 is 2.25 bits per heavy atom. The first-order chi connectivity index (χ1) is 7.55. The maximum absolute atomic E-state index is 12.2. The number of rotatable bonds is 4. The molecule has 4 nitrogen and oxygen atoms in total. The third-order valence-electron chi connectivity index (χ3n) is 2.63. The SMILES string of the molecule is CCOc1cc(S(=N)(=O)C2CC2)ccc1N. The summed E-state index contributed by atoms with van der Waals surface area (Å²) < 4.78 is 25.4. The highest BCUT2D eigenvalue weighted by Crippen LogP contribution is 2.36. The van der Waals surface area contributed by atoms with Crippen molar-refractivity contribution in [3.8, 4) is 5.75 Å².